The van der Waals surface area contributed by atoms with Crippen molar-refractivity contribution in [2.75, 3.05) is 38.2 Å². The number of carbonyl (C=O) groups is 1. The van der Waals surface area contributed by atoms with E-state index in [1.54, 1.807) is 25.6 Å². The van der Waals surface area contributed by atoms with Gasteiger partial charge in [-0.05, 0) is 24.3 Å². The lowest BCUT2D eigenvalue weighted by Gasteiger charge is -2.36. The van der Waals surface area contributed by atoms with Crippen molar-refractivity contribution in [3.05, 3.63) is 59.0 Å². The van der Waals surface area contributed by atoms with Gasteiger partial charge in [0, 0.05) is 67.0 Å². The Hall–Kier alpha value is -2.51. The Labute approximate surface area is 161 Å². The number of methoxy groups -OCH3 is 1. The topological polar surface area (TPSA) is 45.7 Å². The van der Waals surface area contributed by atoms with E-state index in [-0.39, 0.29) is 18.3 Å². The summed E-state index contributed by atoms with van der Waals surface area (Å²) in [6.07, 6.45) is 3.55. The lowest BCUT2D eigenvalue weighted by Crippen LogP contribution is -2.48. The Morgan fingerprint density at radius 3 is 2.63 bits per heavy atom. The number of thiophene rings is 1. The maximum Gasteiger partial charge on any atom is 0.264 e. The van der Waals surface area contributed by atoms with Crippen LogP contribution in [-0.4, -0.2) is 49.1 Å². The predicted molar refractivity (Wildman–Crippen MR) is 105 cm³/mol. The minimum absolute atomic E-state index is 0.0444. The molecule has 140 valence electrons. The molecule has 3 heterocycles. The van der Waals surface area contributed by atoms with Crippen LogP contribution >= 0.6 is 11.3 Å². The SMILES string of the molecule is COCc1c(C(=O)N2CCN(c3ccncc3)CC2)sc2cccc(F)c12. The Morgan fingerprint density at radius 2 is 1.93 bits per heavy atom. The van der Waals surface area contributed by atoms with Gasteiger partial charge in [0.15, 0.2) is 0 Å². The van der Waals surface area contributed by atoms with Crippen molar-refractivity contribution in [3.8, 4) is 0 Å². The first kappa shape index (κ1) is 17.9. The lowest BCUT2D eigenvalue weighted by molar-refractivity contribution is 0.0747. The van der Waals surface area contributed by atoms with Crippen LogP contribution < -0.4 is 4.90 Å². The van der Waals surface area contributed by atoms with Gasteiger partial charge in [-0.3, -0.25) is 9.78 Å². The van der Waals surface area contributed by atoms with Gasteiger partial charge in [0.25, 0.3) is 5.91 Å². The fourth-order valence-corrected chi connectivity index (χ4v) is 4.68. The number of amides is 1. The fraction of sp³-hybridized carbons (Fsp3) is 0.300. The summed E-state index contributed by atoms with van der Waals surface area (Å²) in [6, 6.07) is 8.90. The van der Waals surface area contributed by atoms with Crippen molar-refractivity contribution in [2.24, 2.45) is 0 Å². The van der Waals surface area contributed by atoms with E-state index in [1.807, 2.05) is 23.1 Å². The van der Waals surface area contributed by atoms with Crippen molar-refractivity contribution >= 4 is 33.0 Å². The molecule has 2 aromatic heterocycles. The molecule has 1 fully saturated rings. The van der Waals surface area contributed by atoms with Crippen LogP contribution in [0, 0.1) is 5.82 Å². The molecule has 1 aliphatic heterocycles. The highest BCUT2D eigenvalue weighted by Crippen LogP contribution is 2.34. The van der Waals surface area contributed by atoms with Crippen molar-refractivity contribution in [1.29, 1.82) is 0 Å². The number of rotatable bonds is 4. The molecule has 3 aromatic rings. The Morgan fingerprint density at radius 1 is 1.19 bits per heavy atom. The van der Waals surface area contributed by atoms with Crippen LogP contribution in [0.5, 0.6) is 0 Å². The van der Waals surface area contributed by atoms with Crippen molar-refractivity contribution in [2.45, 2.75) is 6.61 Å². The average Bonchev–Trinajstić information content (AvgIpc) is 3.08. The first-order valence-corrected chi connectivity index (χ1v) is 9.63. The largest absolute Gasteiger partial charge is 0.380 e. The molecule has 7 heteroatoms. The Bertz CT molecular complexity index is 953. The van der Waals surface area contributed by atoms with Crippen molar-refractivity contribution in [1.82, 2.24) is 9.88 Å². The third-order valence-electron chi connectivity index (χ3n) is 4.84. The zero-order valence-electron chi connectivity index (χ0n) is 15.0. The summed E-state index contributed by atoms with van der Waals surface area (Å²) in [5.74, 6) is -0.352. The highest BCUT2D eigenvalue weighted by Gasteiger charge is 2.27. The van der Waals surface area contributed by atoms with Gasteiger partial charge in [0.1, 0.15) is 5.82 Å². The van der Waals surface area contributed by atoms with E-state index in [4.69, 9.17) is 4.74 Å². The highest BCUT2D eigenvalue weighted by atomic mass is 32.1. The van der Waals surface area contributed by atoms with Gasteiger partial charge in [0.2, 0.25) is 0 Å². The number of fused-ring (bicyclic) bond motifs is 1. The molecule has 0 bridgehead atoms. The number of anilines is 1. The smallest absolute Gasteiger partial charge is 0.264 e. The van der Waals surface area contributed by atoms with Gasteiger partial charge in [-0.2, -0.15) is 0 Å². The molecule has 0 saturated carbocycles. The number of pyridine rings is 1. The number of ether oxygens (including phenoxy) is 1. The van der Waals surface area contributed by atoms with E-state index in [9.17, 15) is 9.18 Å². The zero-order valence-corrected chi connectivity index (χ0v) is 15.8. The van der Waals surface area contributed by atoms with Crippen LogP contribution in [0.2, 0.25) is 0 Å². The normalized spacial score (nSPS) is 14.7. The molecule has 1 aromatic carbocycles. The minimum Gasteiger partial charge on any atom is -0.380 e. The summed E-state index contributed by atoms with van der Waals surface area (Å²) in [5.41, 5.74) is 1.76. The zero-order chi connectivity index (χ0) is 18.8. The quantitative estimate of drug-likeness (QED) is 0.689. The number of benzene rings is 1. The predicted octanol–water partition coefficient (Wildman–Crippen LogP) is 3.54. The molecule has 0 unspecified atom stereocenters. The van der Waals surface area contributed by atoms with Crippen LogP contribution in [0.15, 0.2) is 42.7 Å². The molecule has 5 nitrogen and oxygen atoms in total. The molecule has 0 radical (unpaired) electrons. The summed E-state index contributed by atoms with van der Waals surface area (Å²) >= 11 is 1.34. The molecule has 0 atom stereocenters. The third-order valence-corrected chi connectivity index (χ3v) is 6.03. The van der Waals surface area contributed by atoms with E-state index < -0.39 is 0 Å². The van der Waals surface area contributed by atoms with Gasteiger partial charge in [-0.25, -0.2) is 4.39 Å². The molecule has 27 heavy (non-hydrogen) atoms. The number of aromatic nitrogens is 1. The Balaban J connectivity index is 1.57. The average molecular weight is 385 g/mol. The van der Waals surface area contributed by atoms with E-state index >= 15 is 0 Å². The first-order valence-electron chi connectivity index (χ1n) is 8.82. The second kappa shape index (κ2) is 7.62. The van der Waals surface area contributed by atoms with E-state index in [0.29, 0.717) is 28.9 Å². The number of hydrogen-bond donors (Lipinski definition) is 0. The molecule has 1 saturated heterocycles. The lowest BCUT2D eigenvalue weighted by atomic mass is 10.1. The molecule has 0 N–H and O–H groups in total. The molecule has 0 spiro atoms. The van der Waals surface area contributed by atoms with Crippen molar-refractivity contribution in [3.63, 3.8) is 0 Å². The number of halogens is 1. The summed E-state index contributed by atoms with van der Waals surface area (Å²) in [4.78, 5) is 21.9. The molecular formula is C20H20FN3O2S. The van der Waals surface area contributed by atoms with Gasteiger partial charge in [-0.15, -0.1) is 11.3 Å². The second-order valence-corrected chi connectivity index (χ2v) is 7.49. The van der Waals surface area contributed by atoms with Gasteiger partial charge < -0.3 is 14.5 Å². The molecular weight excluding hydrogens is 365 g/mol. The number of piperazine rings is 1. The summed E-state index contributed by atoms with van der Waals surface area (Å²) in [7, 11) is 1.56. The number of hydrogen-bond acceptors (Lipinski definition) is 5. The number of carbonyl (C=O) groups excluding carboxylic acids is 1. The fourth-order valence-electron chi connectivity index (χ4n) is 3.49. The van der Waals surface area contributed by atoms with Gasteiger partial charge in [0.05, 0.1) is 11.5 Å². The van der Waals surface area contributed by atoms with Gasteiger partial charge >= 0.3 is 0 Å². The first-order chi connectivity index (χ1) is 13.2. The van der Waals surface area contributed by atoms with Crippen LogP contribution in [0.4, 0.5) is 10.1 Å². The molecule has 0 aliphatic carbocycles. The Kier molecular flexibility index (Phi) is 5.05. The summed E-state index contributed by atoms with van der Waals surface area (Å²) < 4.78 is 20.4. The number of nitrogens with zero attached hydrogens (tertiary/aromatic N) is 3. The second-order valence-electron chi connectivity index (χ2n) is 6.44. The molecule has 4 rings (SSSR count). The third kappa shape index (κ3) is 3.40. The standard InChI is InChI=1S/C20H20FN3O2S/c1-26-13-15-18-16(21)3-2-4-17(18)27-19(15)20(25)24-11-9-23(10-12-24)14-5-7-22-8-6-14/h2-8H,9-13H2,1H3. The van der Waals surface area contributed by atoms with E-state index in [0.717, 1.165) is 23.5 Å². The summed E-state index contributed by atoms with van der Waals surface area (Å²) in [5, 5.41) is 0.503. The minimum atomic E-state index is -0.308. The van der Waals surface area contributed by atoms with Gasteiger partial charge in [-0.1, -0.05) is 6.07 Å². The van der Waals surface area contributed by atoms with Crippen LogP contribution in [0.25, 0.3) is 10.1 Å². The summed E-state index contributed by atoms with van der Waals surface area (Å²) in [6.45, 7) is 3.00. The molecule has 1 aliphatic rings. The van der Waals surface area contributed by atoms with Crippen LogP contribution in [-0.2, 0) is 11.3 Å². The van der Waals surface area contributed by atoms with Crippen LogP contribution in [0.3, 0.4) is 0 Å². The van der Waals surface area contributed by atoms with Crippen molar-refractivity contribution < 1.29 is 13.9 Å². The van der Waals surface area contributed by atoms with E-state index in [2.05, 4.69) is 9.88 Å². The maximum atomic E-state index is 14.3. The van der Waals surface area contributed by atoms with Crippen LogP contribution in [0.1, 0.15) is 15.2 Å². The molecule has 1 amide bonds. The highest BCUT2D eigenvalue weighted by molar-refractivity contribution is 7.21. The monoisotopic (exact) mass is 385 g/mol. The maximum absolute atomic E-state index is 14.3. The van der Waals surface area contributed by atoms with E-state index in [1.165, 1.54) is 17.4 Å².